The molecule has 0 atom stereocenters. The van der Waals surface area contributed by atoms with E-state index in [-0.39, 0.29) is 0 Å². The first-order valence-corrected chi connectivity index (χ1v) is 6.63. The van der Waals surface area contributed by atoms with Crippen molar-refractivity contribution in [3.63, 3.8) is 0 Å². The molecule has 0 aliphatic carbocycles. The van der Waals surface area contributed by atoms with E-state index in [1.165, 1.54) is 0 Å². The first-order valence-electron chi connectivity index (χ1n) is 6.22. The predicted molar refractivity (Wildman–Crippen MR) is 85.5 cm³/mol. The lowest BCUT2D eigenvalue weighted by Gasteiger charge is -2.13. The Labute approximate surface area is 123 Å². The second kappa shape index (κ2) is 5.92. The number of nitrogens with zero attached hydrogens (tertiary/aromatic N) is 2. The van der Waals surface area contributed by atoms with Crippen LogP contribution in [0.15, 0.2) is 24.4 Å². The van der Waals surface area contributed by atoms with Crippen molar-refractivity contribution < 1.29 is 4.74 Å². The lowest BCUT2D eigenvalue weighted by molar-refractivity contribution is 0.417. The van der Waals surface area contributed by atoms with Gasteiger partial charge < -0.3 is 15.4 Å². The average molecular weight is 290 g/mol. The quantitative estimate of drug-likeness (QED) is 0.851. The molecule has 20 heavy (non-hydrogen) atoms. The monoisotopic (exact) mass is 290 g/mol. The van der Waals surface area contributed by atoms with E-state index in [0.717, 1.165) is 28.4 Å². The summed E-state index contributed by atoms with van der Waals surface area (Å²) in [6.45, 7) is 3.95. The molecule has 106 valence electrons. The lowest BCUT2D eigenvalue weighted by atomic mass is 10.2. The number of hydrogen-bond acceptors (Lipinski definition) is 3. The van der Waals surface area contributed by atoms with Gasteiger partial charge in [-0.2, -0.15) is 5.10 Å². The van der Waals surface area contributed by atoms with E-state index < -0.39 is 0 Å². The van der Waals surface area contributed by atoms with Crippen LogP contribution in [0.5, 0.6) is 5.75 Å². The van der Waals surface area contributed by atoms with E-state index in [1.807, 2.05) is 45.3 Å². The number of nitrogens with one attached hydrogen (secondary N) is 2. The SMILES string of the molecule is COc1ccc(C)cc1NC(=S)Nc1cn(C)nc1C. The van der Waals surface area contributed by atoms with Gasteiger partial charge in [-0.3, -0.25) is 4.68 Å². The summed E-state index contributed by atoms with van der Waals surface area (Å²) in [5, 5.41) is 11.0. The maximum atomic E-state index is 5.32. The van der Waals surface area contributed by atoms with E-state index in [0.29, 0.717) is 5.11 Å². The Morgan fingerprint density at radius 3 is 2.55 bits per heavy atom. The van der Waals surface area contributed by atoms with Crippen LogP contribution in [-0.4, -0.2) is 22.0 Å². The Morgan fingerprint density at radius 1 is 1.25 bits per heavy atom. The average Bonchev–Trinajstić information content (AvgIpc) is 2.68. The van der Waals surface area contributed by atoms with Crippen LogP contribution in [-0.2, 0) is 7.05 Å². The highest BCUT2D eigenvalue weighted by atomic mass is 32.1. The number of methoxy groups -OCH3 is 1. The minimum absolute atomic E-state index is 0.505. The molecule has 6 heteroatoms. The molecule has 0 aliphatic rings. The number of hydrogen-bond donors (Lipinski definition) is 2. The number of aryl methyl sites for hydroxylation is 3. The summed E-state index contributed by atoms with van der Waals surface area (Å²) < 4.78 is 7.06. The van der Waals surface area contributed by atoms with Crippen molar-refractivity contribution in [2.45, 2.75) is 13.8 Å². The van der Waals surface area contributed by atoms with Gasteiger partial charge in [-0.15, -0.1) is 0 Å². The van der Waals surface area contributed by atoms with Crippen LogP contribution < -0.4 is 15.4 Å². The highest BCUT2D eigenvalue weighted by Crippen LogP contribution is 2.25. The Morgan fingerprint density at radius 2 is 1.95 bits per heavy atom. The summed E-state index contributed by atoms with van der Waals surface area (Å²) in [6, 6.07) is 5.89. The van der Waals surface area contributed by atoms with Gasteiger partial charge in [0.25, 0.3) is 0 Å². The van der Waals surface area contributed by atoms with Crippen molar-refractivity contribution in [3.8, 4) is 5.75 Å². The maximum Gasteiger partial charge on any atom is 0.175 e. The van der Waals surface area contributed by atoms with Crippen molar-refractivity contribution in [3.05, 3.63) is 35.7 Å². The van der Waals surface area contributed by atoms with Crippen molar-refractivity contribution in [1.29, 1.82) is 0 Å². The molecule has 0 aliphatic heterocycles. The fourth-order valence-corrected chi connectivity index (χ4v) is 2.14. The normalized spacial score (nSPS) is 10.2. The third-order valence-corrected chi connectivity index (χ3v) is 3.07. The zero-order valence-corrected chi connectivity index (χ0v) is 12.8. The number of benzene rings is 1. The van der Waals surface area contributed by atoms with E-state index in [9.17, 15) is 0 Å². The van der Waals surface area contributed by atoms with E-state index in [4.69, 9.17) is 17.0 Å². The number of anilines is 2. The second-order valence-electron chi connectivity index (χ2n) is 4.58. The molecule has 5 nitrogen and oxygen atoms in total. The lowest BCUT2D eigenvalue weighted by Crippen LogP contribution is -2.19. The van der Waals surface area contributed by atoms with Crippen molar-refractivity contribution >= 4 is 28.7 Å². The van der Waals surface area contributed by atoms with E-state index >= 15 is 0 Å². The molecule has 0 saturated carbocycles. The molecule has 0 fully saturated rings. The Balaban J connectivity index is 2.12. The van der Waals surface area contributed by atoms with E-state index in [2.05, 4.69) is 15.7 Å². The molecular formula is C14H18N4OS. The number of ether oxygens (including phenoxy) is 1. The van der Waals surface area contributed by atoms with Crippen LogP contribution in [0.1, 0.15) is 11.3 Å². The van der Waals surface area contributed by atoms with Gasteiger partial charge in [-0.25, -0.2) is 0 Å². The number of thiocarbonyl (C=S) groups is 1. The van der Waals surface area contributed by atoms with Crippen LogP contribution in [0.25, 0.3) is 0 Å². The van der Waals surface area contributed by atoms with Crippen LogP contribution in [0.2, 0.25) is 0 Å². The molecule has 0 bridgehead atoms. The predicted octanol–water partition coefficient (Wildman–Crippen LogP) is 2.85. The van der Waals surface area contributed by atoms with Gasteiger partial charge in [0.05, 0.1) is 24.2 Å². The van der Waals surface area contributed by atoms with Gasteiger partial charge in [0.2, 0.25) is 0 Å². The van der Waals surface area contributed by atoms with Gasteiger partial charge in [-0.1, -0.05) is 6.07 Å². The molecule has 0 unspecified atom stereocenters. The van der Waals surface area contributed by atoms with Gasteiger partial charge in [0.15, 0.2) is 5.11 Å². The third-order valence-electron chi connectivity index (χ3n) is 2.86. The minimum Gasteiger partial charge on any atom is -0.495 e. The zero-order chi connectivity index (χ0) is 14.7. The molecule has 0 spiro atoms. The number of aromatic nitrogens is 2. The standard InChI is InChI=1S/C14H18N4OS/c1-9-5-6-13(19-4)11(7-9)15-14(20)16-12-8-18(3)17-10(12)2/h5-8H,1-4H3,(H2,15,16,20). The van der Waals surface area contributed by atoms with Crippen molar-refractivity contribution in [2.24, 2.45) is 7.05 Å². The topological polar surface area (TPSA) is 51.1 Å². The molecule has 2 aromatic rings. The largest absolute Gasteiger partial charge is 0.495 e. The van der Waals surface area contributed by atoms with E-state index in [1.54, 1.807) is 11.8 Å². The van der Waals surface area contributed by atoms with Gasteiger partial charge in [-0.05, 0) is 43.8 Å². The van der Waals surface area contributed by atoms with Crippen molar-refractivity contribution in [2.75, 3.05) is 17.7 Å². The Hall–Kier alpha value is -2.08. The van der Waals surface area contributed by atoms with Gasteiger partial charge in [0, 0.05) is 13.2 Å². The third kappa shape index (κ3) is 3.27. The smallest absolute Gasteiger partial charge is 0.175 e. The second-order valence-corrected chi connectivity index (χ2v) is 4.99. The summed E-state index contributed by atoms with van der Waals surface area (Å²) in [5.41, 5.74) is 3.75. The molecule has 1 heterocycles. The highest BCUT2D eigenvalue weighted by molar-refractivity contribution is 7.80. The van der Waals surface area contributed by atoms with Gasteiger partial charge in [0.1, 0.15) is 5.75 Å². The maximum absolute atomic E-state index is 5.32. The van der Waals surface area contributed by atoms with Crippen molar-refractivity contribution in [1.82, 2.24) is 9.78 Å². The molecule has 1 aromatic heterocycles. The van der Waals surface area contributed by atoms with Crippen LogP contribution in [0.4, 0.5) is 11.4 Å². The highest BCUT2D eigenvalue weighted by Gasteiger charge is 2.08. The Bertz CT molecular complexity index is 636. The fraction of sp³-hybridized carbons (Fsp3) is 0.286. The molecule has 2 N–H and O–H groups in total. The Kier molecular flexibility index (Phi) is 4.24. The molecular weight excluding hydrogens is 272 g/mol. The first-order chi connectivity index (χ1) is 9.49. The molecule has 1 aromatic carbocycles. The molecule has 2 rings (SSSR count). The van der Waals surface area contributed by atoms with Crippen LogP contribution >= 0.6 is 12.2 Å². The summed E-state index contributed by atoms with van der Waals surface area (Å²) in [7, 11) is 3.51. The summed E-state index contributed by atoms with van der Waals surface area (Å²) in [4.78, 5) is 0. The summed E-state index contributed by atoms with van der Waals surface area (Å²) >= 11 is 5.32. The van der Waals surface area contributed by atoms with Crippen LogP contribution in [0, 0.1) is 13.8 Å². The minimum atomic E-state index is 0.505. The number of rotatable bonds is 3. The first kappa shape index (κ1) is 14.3. The molecule has 0 radical (unpaired) electrons. The summed E-state index contributed by atoms with van der Waals surface area (Å²) in [5.74, 6) is 0.752. The summed E-state index contributed by atoms with van der Waals surface area (Å²) in [6.07, 6.45) is 1.89. The fourth-order valence-electron chi connectivity index (χ4n) is 1.92. The van der Waals surface area contributed by atoms with Gasteiger partial charge >= 0.3 is 0 Å². The molecule has 0 saturated heterocycles. The van der Waals surface area contributed by atoms with Crippen LogP contribution in [0.3, 0.4) is 0 Å². The molecule has 0 amide bonds. The zero-order valence-electron chi connectivity index (χ0n) is 12.0.